The summed E-state index contributed by atoms with van der Waals surface area (Å²) in [5.74, 6) is -0.661. The van der Waals surface area contributed by atoms with E-state index in [1.54, 1.807) is 6.07 Å². The summed E-state index contributed by atoms with van der Waals surface area (Å²) < 4.78 is 14.1. The first-order chi connectivity index (χ1) is 7.66. The second-order valence-corrected chi connectivity index (χ2v) is 5.25. The predicted octanol–water partition coefficient (Wildman–Crippen LogP) is 4.08. The van der Waals surface area contributed by atoms with Crippen molar-refractivity contribution in [3.63, 3.8) is 0 Å². The van der Waals surface area contributed by atoms with Gasteiger partial charge in [0.05, 0.1) is 5.56 Å². The van der Waals surface area contributed by atoms with Crippen LogP contribution >= 0.6 is 27.3 Å². The van der Waals surface area contributed by atoms with Crippen molar-refractivity contribution in [3.8, 4) is 0 Å². The highest BCUT2D eigenvalue weighted by atomic mass is 79.9. The Morgan fingerprint density at radius 3 is 2.88 bits per heavy atom. The molecule has 0 bridgehead atoms. The van der Waals surface area contributed by atoms with Gasteiger partial charge < -0.3 is 0 Å². The Hall–Kier alpha value is -1.00. The highest BCUT2D eigenvalue weighted by Gasteiger charge is 2.13. The number of hydrogen-bond donors (Lipinski definition) is 0. The summed E-state index contributed by atoms with van der Waals surface area (Å²) >= 11 is 4.73. The van der Waals surface area contributed by atoms with Crippen LogP contribution in [-0.2, 0) is 6.42 Å². The maximum absolute atomic E-state index is 13.4. The second kappa shape index (κ2) is 4.89. The molecule has 82 valence electrons. The van der Waals surface area contributed by atoms with Gasteiger partial charge in [-0.2, -0.15) is 0 Å². The van der Waals surface area contributed by atoms with Gasteiger partial charge in [-0.1, -0.05) is 22.0 Å². The van der Waals surface area contributed by atoms with E-state index in [0.717, 1.165) is 4.88 Å². The van der Waals surface area contributed by atoms with E-state index in [2.05, 4.69) is 15.9 Å². The molecule has 4 heteroatoms. The number of hydrogen-bond acceptors (Lipinski definition) is 2. The molecule has 2 rings (SSSR count). The van der Waals surface area contributed by atoms with E-state index in [9.17, 15) is 9.18 Å². The SMILES string of the molecule is O=C(Cc1cccs1)c1cc(Br)ccc1F. The van der Waals surface area contributed by atoms with Crippen molar-refractivity contribution in [2.24, 2.45) is 0 Å². The minimum absolute atomic E-state index is 0.141. The van der Waals surface area contributed by atoms with Crippen LogP contribution in [0.5, 0.6) is 0 Å². The van der Waals surface area contributed by atoms with E-state index in [1.807, 2.05) is 17.5 Å². The Balaban J connectivity index is 2.24. The Kier molecular flexibility index (Phi) is 3.51. The lowest BCUT2D eigenvalue weighted by Crippen LogP contribution is -2.05. The van der Waals surface area contributed by atoms with Gasteiger partial charge in [0.25, 0.3) is 0 Å². The van der Waals surface area contributed by atoms with Gasteiger partial charge >= 0.3 is 0 Å². The fourth-order valence-corrected chi connectivity index (χ4v) is 2.44. The van der Waals surface area contributed by atoms with Crippen molar-refractivity contribution in [1.82, 2.24) is 0 Å². The summed E-state index contributed by atoms with van der Waals surface area (Å²) in [7, 11) is 0. The molecule has 0 N–H and O–H groups in total. The number of benzene rings is 1. The maximum Gasteiger partial charge on any atom is 0.171 e. The van der Waals surface area contributed by atoms with Gasteiger partial charge in [0.15, 0.2) is 5.78 Å². The van der Waals surface area contributed by atoms with Crippen molar-refractivity contribution in [1.29, 1.82) is 0 Å². The van der Waals surface area contributed by atoms with Crippen LogP contribution in [0, 0.1) is 5.82 Å². The van der Waals surface area contributed by atoms with Crippen LogP contribution in [-0.4, -0.2) is 5.78 Å². The molecule has 1 heterocycles. The summed E-state index contributed by atoms with van der Waals surface area (Å²) in [5, 5.41) is 1.90. The molecule has 0 amide bonds. The van der Waals surface area contributed by atoms with Gasteiger partial charge in [-0.25, -0.2) is 4.39 Å². The zero-order valence-electron chi connectivity index (χ0n) is 8.24. The normalized spacial score (nSPS) is 10.4. The molecule has 0 spiro atoms. The van der Waals surface area contributed by atoms with Crippen LogP contribution in [0.4, 0.5) is 4.39 Å². The molecular formula is C12H8BrFOS. The average Bonchev–Trinajstić information content (AvgIpc) is 2.74. The number of rotatable bonds is 3. The molecule has 2 aromatic rings. The van der Waals surface area contributed by atoms with Gasteiger partial charge in [0.1, 0.15) is 5.82 Å². The summed E-state index contributed by atoms with van der Waals surface area (Å²) in [4.78, 5) is 12.8. The molecule has 0 aliphatic rings. The molecule has 16 heavy (non-hydrogen) atoms. The summed E-state index contributed by atoms with van der Waals surface area (Å²) in [6, 6.07) is 8.15. The van der Waals surface area contributed by atoms with Crippen LogP contribution in [0.15, 0.2) is 40.2 Å². The maximum atomic E-state index is 13.4. The minimum Gasteiger partial charge on any atom is -0.294 e. The standard InChI is InChI=1S/C12H8BrFOS/c13-8-3-4-11(14)10(6-8)12(15)7-9-2-1-5-16-9/h1-6H,7H2. The third kappa shape index (κ3) is 2.57. The number of carbonyl (C=O) groups excluding carboxylic acids is 1. The molecule has 0 saturated carbocycles. The fourth-order valence-electron chi connectivity index (χ4n) is 1.38. The van der Waals surface area contributed by atoms with Crippen LogP contribution < -0.4 is 0 Å². The third-order valence-electron chi connectivity index (χ3n) is 2.14. The number of carbonyl (C=O) groups is 1. The quantitative estimate of drug-likeness (QED) is 0.781. The Morgan fingerprint density at radius 1 is 1.38 bits per heavy atom. The summed E-state index contributed by atoms with van der Waals surface area (Å²) in [5.41, 5.74) is 0.141. The molecule has 1 nitrogen and oxygen atoms in total. The lowest BCUT2D eigenvalue weighted by molar-refractivity contribution is 0.0990. The Morgan fingerprint density at radius 2 is 2.19 bits per heavy atom. The van der Waals surface area contributed by atoms with Gasteiger partial charge in [0, 0.05) is 15.8 Å². The van der Waals surface area contributed by atoms with E-state index >= 15 is 0 Å². The first kappa shape index (κ1) is 11.5. The number of thiophene rings is 1. The van der Waals surface area contributed by atoms with E-state index in [0.29, 0.717) is 4.47 Å². The van der Waals surface area contributed by atoms with Crippen molar-refractivity contribution in [2.45, 2.75) is 6.42 Å². The lowest BCUT2D eigenvalue weighted by atomic mass is 10.1. The first-order valence-electron chi connectivity index (χ1n) is 4.67. The fraction of sp³-hybridized carbons (Fsp3) is 0.0833. The molecule has 0 unspecified atom stereocenters. The van der Waals surface area contributed by atoms with E-state index in [1.165, 1.54) is 23.5 Å². The molecule has 0 fully saturated rings. The Labute approximate surface area is 105 Å². The van der Waals surface area contributed by atoms with Crippen molar-refractivity contribution < 1.29 is 9.18 Å². The minimum atomic E-state index is -0.468. The van der Waals surface area contributed by atoms with Crippen LogP contribution in [0.25, 0.3) is 0 Å². The summed E-state index contributed by atoms with van der Waals surface area (Å²) in [6.07, 6.45) is 0.255. The molecule has 1 aromatic heterocycles. The van der Waals surface area contributed by atoms with E-state index in [-0.39, 0.29) is 17.8 Å². The van der Waals surface area contributed by atoms with Crippen molar-refractivity contribution in [3.05, 3.63) is 56.4 Å². The molecule has 0 atom stereocenters. The zero-order chi connectivity index (χ0) is 11.5. The molecule has 0 saturated heterocycles. The van der Waals surface area contributed by atoms with Crippen molar-refractivity contribution >= 4 is 33.0 Å². The molecule has 0 radical (unpaired) electrons. The predicted molar refractivity (Wildman–Crippen MR) is 66.5 cm³/mol. The van der Waals surface area contributed by atoms with Gasteiger partial charge in [-0.3, -0.25) is 4.79 Å². The molecule has 0 aliphatic heterocycles. The van der Waals surface area contributed by atoms with Crippen LogP contribution in [0.2, 0.25) is 0 Å². The number of halogens is 2. The highest BCUT2D eigenvalue weighted by Crippen LogP contribution is 2.19. The monoisotopic (exact) mass is 298 g/mol. The Bertz CT molecular complexity index is 508. The third-order valence-corrected chi connectivity index (χ3v) is 3.51. The second-order valence-electron chi connectivity index (χ2n) is 3.30. The molecule has 0 aliphatic carbocycles. The van der Waals surface area contributed by atoms with Gasteiger partial charge in [-0.05, 0) is 29.6 Å². The smallest absolute Gasteiger partial charge is 0.171 e. The van der Waals surface area contributed by atoms with E-state index in [4.69, 9.17) is 0 Å². The highest BCUT2D eigenvalue weighted by molar-refractivity contribution is 9.10. The topological polar surface area (TPSA) is 17.1 Å². The first-order valence-corrected chi connectivity index (χ1v) is 6.35. The van der Waals surface area contributed by atoms with Gasteiger partial charge in [0.2, 0.25) is 0 Å². The van der Waals surface area contributed by atoms with E-state index < -0.39 is 5.82 Å². The summed E-state index contributed by atoms with van der Waals surface area (Å²) in [6.45, 7) is 0. The molecular weight excluding hydrogens is 291 g/mol. The van der Waals surface area contributed by atoms with Crippen LogP contribution in [0.3, 0.4) is 0 Å². The van der Waals surface area contributed by atoms with Gasteiger partial charge in [-0.15, -0.1) is 11.3 Å². The average molecular weight is 299 g/mol. The van der Waals surface area contributed by atoms with Crippen LogP contribution in [0.1, 0.15) is 15.2 Å². The number of Topliss-reactive ketones (excluding diaryl/α,β-unsaturated/α-hetero) is 1. The molecule has 1 aromatic carbocycles. The number of ketones is 1. The lowest BCUT2D eigenvalue weighted by Gasteiger charge is -2.02. The zero-order valence-corrected chi connectivity index (χ0v) is 10.6. The van der Waals surface area contributed by atoms with Crippen molar-refractivity contribution in [2.75, 3.05) is 0 Å². The largest absolute Gasteiger partial charge is 0.294 e.